The number of esters is 1. The molecule has 7 heteroatoms. The zero-order chi connectivity index (χ0) is 9.94. The van der Waals surface area contributed by atoms with E-state index in [9.17, 15) is 22.8 Å². The van der Waals surface area contributed by atoms with Crippen LogP contribution in [0.1, 0.15) is 6.92 Å². The van der Waals surface area contributed by atoms with E-state index >= 15 is 0 Å². The maximum absolute atomic E-state index is 11.4. The summed E-state index contributed by atoms with van der Waals surface area (Å²) in [5, 5.41) is 0. The summed E-state index contributed by atoms with van der Waals surface area (Å²) in [5.74, 6) is -3.55. The molecule has 1 unspecified atom stereocenters. The number of alkyl halides is 3. The lowest BCUT2D eigenvalue weighted by atomic mass is 10.4. The zero-order valence-corrected chi connectivity index (χ0v) is 6.01. The average molecular weight is 185 g/mol. The Kier molecular flexibility index (Phi) is 3.06. The lowest BCUT2D eigenvalue weighted by Gasteiger charge is -2.10. The largest absolute Gasteiger partial charge is 0.490 e. The first-order valence-electron chi connectivity index (χ1n) is 2.82. The minimum Gasteiger partial charge on any atom is -0.446 e. The van der Waals surface area contributed by atoms with Crippen molar-refractivity contribution in [3.63, 3.8) is 0 Å². The fourth-order valence-electron chi connectivity index (χ4n) is 0.285. The number of carbonyl (C=O) groups is 2. The summed E-state index contributed by atoms with van der Waals surface area (Å²) in [4.78, 5) is 20.2. The van der Waals surface area contributed by atoms with E-state index in [4.69, 9.17) is 0 Å². The molecule has 0 aliphatic rings. The van der Waals surface area contributed by atoms with Gasteiger partial charge in [0, 0.05) is 0 Å². The average Bonchev–Trinajstić information content (AvgIpc) is 1.85. The van der Waals surface area contributed by atoms with Crippen LogP contribution in [0.2, 0.25) is 0 Å². The summed E-state index contributed by atoms with van der Waals surface area (Å²) in [7, 11) is 0. The molecule has 1 atom stereocenters. The Balaban J connectivity index is 4.11. The number of rotatable bonds is 2. The van der Waals surface area contributed by atoms with Gasteiger partial charge in [-0.15, -0.1) is 0 Å². The van der Waals surface area contributed by atoms with Crippen molar-refractivity contribution in [3.8, 4) is 0 Å². The SMILES string of the molecule is CC(OC(=O)C(F)(F)F)C(N)=O. The van der Waals surface area contributed by atoms with Crippen molar-refractivity contribution in [3.05, 3.63) is 0 Å². The van der Waals surface area contributed by atoms with E-state index in [1.165, 1.54) is 0 Å². The summed E-state index contributed by atoms with van der Waals surface area (Å²) in [6.07, 6.45) is -6.66. The summed E-state index contributed by atoms with van der Waals surface area (Å²) in [6, 6.07) is 0. The van der Waals surface area contributed by atoms with Crippen molar-refractivity contribution in [2.24, 2.45) is 5.73 Å². The van der Waals surface area contributed by atoms with Gasteiger partial charge in [0.05, 0.1) is 0 Å². The van der Waals surface area contributed by atoms with E-state index in [1.807, 2.05) is 0 Å². The number of ether oxygens (including phenoxy) is 1. The summed E-state index contributed by atoms with van der Waals surface area (Å²) in [6.45, 7) is 0.950. The standard InChI is InChI=1S/C5H6F3NO3/c1-2(3(9)10)12-4(11)5(6,7)8/h2H,1H3,(H2,9,10). The Bertz CT molecular complexity index is 201. The van der Waals surface area contributed by atoms with Crippen molar-refractivity contribution in [1.82, 2.24) is 0 Å². The van der Waals surface area contributed by atoms with Crippen LogP contribution < -0.4 is 5.73 Å². The van der Waals surface area contributed by atoms with Crippen LogP contribution in [0.5, 0.6) is 0 Å². The second kappa shape index (κ2) is 3.42. The maximum Gasteiger partial charge on any atom is 0.490 e. The van der Waals surface area contributed by atoms with E-state index in [-0.39, 0.29) is 0 Å². The molecule has 0 rings (SSSR count). The van der Waals surface area contributed by atoms with E-state index in [0.717, 1.165) is 6.92 Å². The topological polar surface area (TPSA) is 69.4 Å². The van der Waals surface area contributed by atoms with Crippen LogP contribution in [-0.4, -0.2) is 24.2 Å². The molecule has 0 bridgehead atoms. The van der Waals surface area contributed by atoms with Gasteiger partial charge in [0.2, 0.25) is 0 Å². The summed E-state index contributed by atoms with van der Waals surface area (Å²) < 4.78 is 38.0. The van der Waals surface area contributed by atoms with Crippen LogP contribution in [0.15, 0.2) is 0 Å². The Labute approximate surface area is 65.5 Å². The monoisotopic (exact) mass is 185 g/mol. The summed E-state index contributed by atoms with van der Waals surface area (Å²) >= 11 is 0. The lowest BCUT2D eigenvalue weighted by Crippen LogP contribution is -2.35. The minimum absolute atomic E-state index is 0.950. The highest BCUT2D eigenvalue weighted by molar-refractivity contribution is 5.83. The van der Waals surface area contributed by atoms with Gasteiger partial charge in [0.15, 0.2) is 6.10 Å². The van der Waals surface area contributed by atoms with Gasteiger partial charge in [-0.2, -0.15) is 13.2 Å². The van der Waals surface area contributed by atoms with Crippen molar-refractivity contribution >= 4 is 11.9 Å². The van der Waals surface area contributed by atoms with Crippen molar-refractivity contribution in [2.45, 2.75) is 19.2 Å². The number of carbonyl (C=O) groups excluding carboxylic acids is 2. The van der Waals surface area contributed by atoms with Gasteiger partial charge in [-0.3, -0.25) is 4.79 Å². The Morgan fingerprint density at radius 2 is 1.83 bits per heavy atom. The molecule has 0 aliphatic heterocycles. The second-order valence-corrected chi connectivity index (χ2v) is 1.95. The van der Waals surface area contributed by atoms with Crippen LogP contribution in [-0.2, 0) is 14.3 Å². The van der Waals surface area contributed by atoms with Crippen LogP contribution in [0.25, 0.3) is 0 Å². The number of primary amides is 1. The van der Waals surface area contributed by atoms with E-state index in [1.54, 1.807) is 0 Å². The van der Waals surface area contributed by atoms with Crippen molar-refractivity contribution in [1.29, 1.82) is 0 Å². The van der Waals surface area contributed by atoms with Crippen LogP contribution >= 0.6 is 0 Å². The van der Waals surface area contributed by atoms with Crippen LogP contribution in [0.3, 0.4) is 0 Å². The predicted molar refractivity (Wildman–Crippen MR) is 30.8 cm³/mol. The second-order valence-electron chi connectivity index (χ2n) is 1.95. The Morgan fingerprint density at radius 1 is 1.42 bits per heavy atom. The van der Waals surface area contributed by atoms with Gasteiger partial charge in [-0.25, -0.2) is 4.79 Å². The molecule has 0 spiro atoms. The van der Waals surface area contributed by atoms with Crippen LogP contribution in [0.4, 0.5) is 13.2 Å². The van der Waals surface area contributed by atoms with Gasteiger partial charge in [-0.1, -0.05) is 0 Å². The molecule has 0 saturated carbocycles. The van der Waals surface area contributed by atoms with E-state index in [2.05, 4.69) is 10.5 Å². The van der Waals surface area contributed by atoms with Crippen LogP contribution in [0, 0.1) is 0 Å². The van der Waals surface area contributed by atoms with Gasteiger partial charge < -0.3 is 10.5 Å². The van der Waals surface area contributed by atoms with E-state index < -0.39 is 24.2 Å². The fourth-order valence-corrected chi connectivity index (χ4v) is 0.285. The first-order chi connectivity index (χ1) is 5.25. The highest BCUT2D eigenvalue weighted by Crippen LogP contribution is 2.17. The molecule has 12 heavy (non-hydrogen) atoms. The normalized spacial score (nSPS) is 13.7. The molecule has 0 heterocycles. The molecule has 0 fully saturated rings. The zero-order valence-electron chi connectivity index (χ0n) is 6.01. The molecule has 0 aliphatic carbocycles. The van der Waals surface area contributed by atoms with Crippen molar-refractivity contribution < 1.29 is 27.5 Å². The van der Waals surface area contributed by atoms with Gasteiger partial charge in [-0.05, 0) is 6.92 Å². The Hall–Kier alpha value is -1.27. The molecule has 0 aromatic heterocycles. The molecule has 0 aromatic rings. The molecule has 0 radical (unpaired) electrons. The highest BCUT2D eigenvalue weighted by atomic mass is 19.4. The number of hydrogen-bond acceptors (Lipinski definition) is 3. The molecular formula is C5H6F3NO3. The lowest BCUT2D eigenvalue weighted by molar-refractivity contribution is -0.204. The third-order valence-electron chi connectivity index (χ3n) is 0.916. The number of halogens is 3. The van der Waals surface area contributed by atoms with E-state index in [0.29, 0.717) is 0 Å². The quantitative estimate of drug-likeness (QED) is 0.614. The molecule has 4 nitrogen and oxygen atoms in total. The molecule has 0 saturated heterocycles. The highest BCUT2D eigenvalue weighted by Gasteiger charge is 2.42. The third-order valence-corrected chi connectivity index (χ3v) is 0.916. The van der Waals surface area contributed by atoms with Gasteiger partial charge >= 0.3 is 12.1 Å². The Morgan fingerprint density at radius 3 is 2.08 bits per heavy atom. The number of nitrogens with two attached hydrogens (primary N) is 1. The third kappa shape index (κ3) is 3.22. The fraction of sp³-hybridized carbons (Fsp3) is 0.600. The van der Waals surface area contributed by atoms with Gasteiger partial charge in [0.1, 0.15) is 0 Å². The molecular weight excluding hydrogens is 179 g/mol. The molecule has 1 amide bonds. The van der Waals surface area contributed by atoms with Gasteiger partial charge in [0.25, 0.3) is 5.91 Å². The molecule has 70 valence electrons. The maximum atomic E-state index is 11.4. The number of hydrogen-bond donors (Lipinski definition) is 1. The molecule has 2 N–H and O–H groups in total. The first kappa shape index (κ1) is 10.7. The first-order valence-corrected chi connectivity index (χ1v) is 2.82. The number of amides is 1. The van der Waals surface area contributed by atoms with Crippen molar-refractivity contribution in [2.75, 3.05) is 0 Å². The smallest absolute Gasteiger partial charge is 0.446 e. The molecule has 0 aromatic carbocycles. The predicted octanol–water partition coefficient (Wildman–Crippen LogP) is -0.0343. The minimum atomic E-state index is -5.09. The summed E-state index contributed by atoms with van der Waals surface area (Å²) in [5.41, 5.74) is 4.54.